The van der Waals surface area contributed by atoms with Crippen LogP contribution in [0, 0.1) is 13.8 Å². The standard InChI is InChI=1S/C11H11NO2/c1-8-3-9(2)5-10(4-8)14-11-6-12-7-13-11/h3-7H,1-2H3. The summed E-state index contributed by atoms with van der Waals surface area (Å²) in [5, 5.41) is 0. The second kappa shape index (κ2) is 3.54. The number of nitrogens with zero attached hydrogens (tertiary/aromatic N) is 1. The molecule has 72 valence electrons. The van der Waals surface area contributed by atoms with Gasteiger partial charge in [-0.3, -0.25) is 0 Å². The van der Waals surface area contributed by atoms with E-state index < -0.39 is 0 Å². The summed E-state index contributed by atoms with van der Waals surface area (Å²) in [4.78, 5) is 3.77. The molecule has 0 spiro atoms. The molecule has 0 unspecified atom stereocenters. The summed E-state index contributed by atoms with van der Waals surface area (Å²) in [6.07, 6.45) is 2.88. The van der Waals surface area contributed by atoms with Crippen LogP contribution in [0.15, 0.2) is 35.2 Å². The van der Waals surface area contributed by atoms with Gasteiger partial charge in [-0.05, 0) is 37.1 Å². The van der Waals surface area contributed by atoms with E-state index >= 15 is 0 Å². The van der Waals surface area contributed by atoms with Crippen LogP contribution in [-0.2, 0) is 0 Å². The topological polar surface area (TPSA) is 35.3 Å². The van der Waals surface area contributed by atoms with Crippen LogP contribution in [0.4, 0.5) is 0 Å². The molecule has 2 aromatic rings. The van der Waals surface area contributed by atoms with Crippen LogP contribution in [0.25, 0.3) is 0 Å². The van der Waals surface area contributed by atoms with E-state index in [0.29, 0.717) is 5.95 Å². The molecule has 0 aliphatic carbocycles. The van der Waals surface area contributed by atoms with Gasteiger partial charge < -0.3 is 9.15 Å². The van der Waals surface area contributed by atoms with Gasteiger partial charge in [0.1, 0.15) is 11.9 Å². The van der Waals surface area contributed by atoms with E-state index in [1.54, 1.807) is 0 Å². The summed E-state index contributed by atoms with van der Waals surface area (Å²) < 4.78 is 10.4. The lowest BCUT2D eigenvalue weighted by atomic mass is 10.1. The Morgan fingerprint density at radius 1 is 1.14 bits per heavy atom. The van der Waals surface area contributed by atoms with Crippen LogP contribution in [-0.4, -0.2) is 4.98 Å². The van der Waals surface area contributed by atoms with Crippen molar-refractivity contribution in [2.24, 2.45) is 0 Å². The summed E-state index contributed by atoms with van der Waals surface area (Å²) in [5.74, 6) is 1.19. The van der Waals surface area contributed by atoms with E-state index in [-0.39, 0.29) is 0 Å². The third-order valence-corrected chi connectivity index (χ3v) is 1.82. The largest absolute Gasteiger partial charge is 0.425 e. The average molecular weight is 189 g/mol. The van der Waals surface area contributed by atoms with Crippen LogP contribution >= 0.6 is 0 Å². The maximum absolute atomic E-state index is 5.45. The predicted octanol–water partition coefficient (Wildman–Crippen LogP) is 3.08. The summed E-state index contributed by atoms with van der Waals surface area (Å²) >= 11 is 0. The predicted molar refractivity (Wildman–Crippen MR) is 52.5 cm³/mol. The zero-order valence-electron chi connectivity index (χ0n) is 8.15. The highest BCUT2D eigenvalue weighted by atomic mass is 16.6. The van der Waals surface area contributed by atoms with Crippen LogP contribution in [0.1, 0.15) is 11.1 Å². The van der Waals surface area contributed by atoms with Crippen molar-refractivity contribution in [2.45, 2.75) is 13.8 Å². The van der Waals surface area contributed by atoms with Gasteiger partial charge in [0.2, 0.25) is 0 Å². The van der Waals surface area contributed by atoms with Gasteiger partial charge in [0, 0.05) is 0 Å². The Labute approximate surface area is 82.3 Å². The van der Waals surface area contributed by atoms with Crippen molar-refractivity contribution >= 4 is 0 Å². The van der Waals surface area contributed by atoms with Crippen LogP contribution in [0.2, 0.25) is 0 Å². The fourth-order valence-corrected chi connectivity index (χ4v) is 1.36. The number of rotatable bonds is 2. The Bertz CT molecular complexity index is 401. The monoisotopic (exact) mass is 189 g/mol. The van der Waals surface area contributed by atoms with Gasteiger partial charge in [-0.25, -0.2) is 4.98 Å². The molecular formula is C11H11NO2. The van der Waals surface area contributed by atoms with Crippen molar-refractivity contribution in [3.63, 3.8) is 0 Å². The van der Waals surface area contributed by atoms with Gasteiger partial charge in [-0.1, -0.05) is 6.07 Å². The Kier molecular flexibility index (Phi) is 2.23. The van der Waals surface area contributed by atoms with Gasteiger partial charge in [0.05, 0.1) is 0 Å². The molecule has 0 saturated carbocycles. The third kappa shape index (κ3) is 1.93. The molecule has 0 aliphatic rings. The molecule has 0 aliphatic heterocycles. The molecule has 1 aromatic heterocycles. The van der Waals surface area contributed by atoms with Crippen molar-refractivity contribution in [3.8, 4) is 11.7 Å². The fraction of sp³-hybridized carbons (Fsp3) is 0.182. The Morgan fingerprint density at radius 2 is 1.86 bits per heavy atom. The number of benzene rings is 1. The highest BCUT2D eigenvalue weighted by Crippen LogP contribution is 2.22. The van der Waals surface area contributed by atoms with Gasteiger partial charge in [0.15, 0.2) is 6.39 Å². The normalized spacial score (nSPS) is 10.1. The highest BCUT2D eigenvalue weighted by molar-refractivity contribution is 5.34. The van der Waals surface area contributed by atoms with E-state index in [1.165, 1.54) is 23.7 Å². The molecule has 0 fully saturated rings. The summed E-state index contributed by atoms with van der Waals surface area (Å²) in [6, 6.07) is 6.00. The zero-order chi connectivity index (χ0) is 9.97. The molecule has 0 saturated heterocycles. The van der Waals surface area contributed by atoms with E-state index in [2.05, 4.69) is 11.1 Å². The second-order valence-corrected chi connectivity index (χ2v) is 3.25. The van der Waals surface area contributed by atoms with E-state index in [0.717, 1.165) is 5.75 Å². The number of hydrogen-bond donors (Lipinski definition) is 0. The lowest BCUT2D eigenvalue weighted by Crippen LogP contribution is -1.84. The second-order valence-electron chi connectivity index (χ2n) is 3.25. The number of oxazole rings is 1. The van der Waals surface area contributed by atoms with Crippen LogP contribution in [0.3, 0.4) is 0 Å². The molecule has 0 N–H and O–H groups in total. The third-order valence-electron chi connectivity index (χ3n) is 1.82. The number of ether oxygens (including phenoxy) is 1. The average Bonchev–Trinajstić information content (AvgIpc) is 2.54. The first-order valence-corrected chi connectivity index (χ1v) is 4.39. The molecule has 0 atom stereocenters. The molecular weight excluding hydrogens is 178 g/mol. The van der Waals surface area contributed by atoms with Crippen molar-refractivity contribution in [1.29, 1.82) is 0 Å². The molecule has 1 aromatic carbocycles. The van der Waals surface area contributed by atoms with Gasteiger partial charge >= 0.3 is 5.95 Å². The van der Waals surface area contributed by atoms with Crippen molar-refractivity contribution < 1.29 is 9.15 Å². The van der Waals surface area contributed by atoms with E-state index in [4.69, 9.17) is 9.15 Å². The molecule has 3 nitrogen and oxygen atoms in total. The maximum atomic E-state index is 5.45. The Hall–Kier alpha value is -1.77. The molecule has 14 heavy (non-hydrogen) atoms. The minimum Gasteiger partial charge on any atom is -0.425 e. The molecule has 0 radical (unpaired) electrons. The first kappa shape index (κ1) is 8.81. The van der Waals surface area contributed by atoms with Gasteiger partial charge in [-0.2, -0.15) is 0 Å². The van der Waals surface area contributed by atoms with E-state index in [9.17, 15) is 0 Å². The number of aryl methyl sites for hydroxylation is 2. The SMILES string of the molecule is Cc1cc(C)cc(Oc2cnco2)c1. The minimum absolute atomic E-state index is 0.412. The van der Waals surface area contributed by atoms with E-state index in [1.807, 2.05) is 26.0 Å². The maximum Gasteiger partial charge on any atom is 0.310 e. The molecule has 0 amide bonds. The minimum atomic E-state index is 0.412. The van der Waals surface area contributed by atoms with Crippen molar-refractivity contribution in [1.82, 2.24) is 4.98 Å². The summed E-state index contributed by atoms with van der Waals surface area (Å²) in [5.41, 5.74) is 2.33. The van der Waals surface area contributed by atoms with Gasteiger partial charge in [0.25, 0.3) is 0 Å². The first-order valence-electron chi connectivity index (χ1n) is 4.39. The summed E-state index contributed by atoms with van der Waals surface area (Å²) in [6.45, 7) is 4.06. The van der Waals surface area contributed by atoms with Gasteiger partial charge in [-0.15, -0.1) is 0 Å². The van der Waals surface area contributed by atoms with Crippen LogP contribution in [0.5, 0.6) is 11.7 Å². The summed E-state index contributed by atoms with van der Waals surface area (Å²) in [7, 11) is 0. The number of aromatic nitrogens is 1. The lowest BCUT2D eigenvalue weighted by molar-refractivity contribution is 0.345. The smallest absolute Gasteiger partial charge is 0.310 e. The number of hydrogen-bond acceptors (Lipinski definition) is 3. The quantitative estimate of drug-likeness (QED) is 0.728. The molecule has 2 rings (SSSR count). The van der Waals surface area contributed by atoms with Crippen LogP contribution < -0.4 is 4.74 Å². The van der Waals surface area contributed by atoms with Crippen molar-refractivity contribution in [2.75, 3.05) is 0 Å². The first-order chi connectivity index (χ1) is 6.74. The molecule has 0 bridgehead atoms. The Balaban J connectivity index is 2.25. The Morgan fingerprint density at radius 3 is 2.43 bits per heavy atom. The molecule has 3 heteroatoms. The molecule has 1 heterocycles. The zero-order valence-corrected chi connectivity index (χ0v) is 8.15. The fourth-order valence-electron chi connectivity index (χ4n) is 1.36. The lowest BCUT2D eigenvalue weighted by Gasteiger charge is -2.03. The highest BCUT2D eigenvalue weighted by Gasteiger charge is 2.01. The van der Waals surface area contributed by atoms with Crippen molar-refractivity contribution in [3.05, 3.63) is 41.9 Å².